The first-order valence-electron chi connectivity index (χ1n) is 9.13. The van der Waals surface area contributed by atoms with Crippen LogP contribution in [-0.2, 0) is 19.5 Å². The number of pyridine rings is 1. The van der Waals surface area contributed by atoms with Crippen LogP contribution in [0.3, 0.4) is 0 Å². The van der Waals surface area contributed by atoms with Crippen LogP contribution >= 0.6 is 0 Å². The number of hydrogen-bond donors (Lipinski definition) is 1. The number of sulfonamides is 1. The maximum absolute atomic E-state index is 12.7. The van der Waals surface area contributed by atoms with E-state index in [1.807, 2.05) is 20.8 Å². The van der Waals surface area contributed by atoms with Crippen LogP contribution in [0.5, 0.6) is 0 Å². The van der Waals surface area contributed by atoms with Gasteiger partial charge in [0.25, 0.3) is 0 Å². The zero-order valence-electron chi connectivity index (χ0n) is 16.0. The van der Waals surface area contributed by atoms with Crippen LogP contribution < -0.4 is 5.32 Å². The van der Waals surface area contributed by atoms with Crippen molar-refractivity contribution in [1.82, 2.24) is 14.6 Å². The average Bonchev–Trinajstić information content (AvgIpc) is 2.96. The summed E-state index contributed by atoms with van der Waals surface area (Å²) in [6, 6.07) is 3.05. The highest BCUT2D eigenvalue weighted by Gasteiger charge is 2.45. The highest BCUT2D eigenvalue weighted by molar-refractivity contribution is 7.89. The van der Waals surface area contributed by atoms with Gasteiger partial charge in [-0.25, -0.2) is 13.2 Å². The average molecular weight is 397 g/mol. The molecule has 150 valence electrons. The van der Waals surface area contributed by atoms with Crippen molar-refractivity contribution in [3.05, 3.63) is 24.5 Å². The monoisotopic (exact) mass is 397 g/mol. The number of rotatable bonds is 3. The van der Waals surface area contributed by atoms with Crippen molar-refractivity contribution < 1.29 is 22.7 Å². The highest BCUT2D eigenvalue weighted by Crippen LogP contribution is 2.37. The van der Waals surface area contributed by atoms with Crippen LogP contribution in [0.25, 0.3) is 0 Å². The number of carbonyl (C=O) groups excluding carboxylic acids is 1. The molecule has 0 saturated carbocycles. The molecule has 2 aliphatic rings. The molecule has 8 nitrogen and oxygen atoms in total. The van der Waals surface area contributed by atoms with E-state index in [0.717, 1.165) is 0 Å². The number of nitrogens with zero attached hydrogens (tertiary/aromatic N) is 2. The molecule has 27 heavy (non-hydrogen) atoms. The van der Waals surface area contributed by atoms with E-state index in [0.29, 0.717) is 39.0 Å². The molecule has 2 saturated heterocycles. The third-order valence-corrected chi connectivity index (χ3v) is 6.72. The van der Waals surface area contributed by atoms with Crippen molar-refractivity contribution in [2.75, 3.05) is 19.7 Å². The predicted octanol–water partition coefficient (Wildman–Crippen LogP) is 1.92. The zero-order chi connectivity index (χ0) is 19.7. The van der Waals surface area contributed by atoms with Crippen molar-refractivity contribution in [3.63, 3.8) is 0 Å². The molecule has 0 radical (unpaired) electrons. The van der Waals surface area contributed by atoms with Crippen LogP contribution in [0.4, 0.5) is 4.79 Å². The van der Waals surface area contributed by atoms with Crippen LogP contribution in [0.2, 0.25) is 0 Å². The quantitative estimate of drug-likeness (QED) is 0.837. The minimum absolute atomic E-state index is 0.124. The molecule has 1 aromatic rings. The molecule has 2 aliphatic heterocycles. The Morgan fingerprint density at radius 1 is 1.37 bits per heavy atom. The van der Waals surface area contributed by atoms with E-state index in [4.69, 9.17) is 9.47 Å². The molecule has 1 atom stereocenters. The molecule has 3 rings (SSSR count). The lowest BCUT2D eigenvalue weighted by atomic mass is 9.88. The summed E-state index contributed by atoms with van der Waals surface area (Å²) < 4.78 is 38.2. The first-order chi connectivity index (χ1) is 12.6. The first kappa shape index (κ1) is 20.0. The maximum atomic E-state index is 12.7. The number of alkyl carbamates (subject to hydrolysis) is 1. The third kappa shape index (κ3) is 4.77. The van der Waals surface area contributed by atoms with Crippen molar-refractivity contribution >= 4 is 16.1 Å². The van der Waals surface area contributed by atoms with Gasteiger partial charge in [0, 0.05) is 25.5 Å². The van der Waals surface area contributed by atoms with Gasteiger partial charge in [-0.05, 0) is 52.2 Å². The Kier molecular flexibility index (Phi) is 5.47. The standard InChI is InChI=1S/C18H27N3O5S/c1-17(2,3)26-16(22)20-14-11-18(25-13-14)6-9-21(10-7-18)27(23,24)15-5-4-8-19-12-15/h4-5,8,12,14H,6-7,9-11,13H2,1-3H3,(H,20,22)/t14-/m1/s1. The fraction of sp³-hybridized carbons (Fsp3) is 0.667. The Balaban J connectivity index is 1.56. The number of carbonyl (C=O) groups is 1. The van der Waals surface area contributed by atoms with Gasteiger partial charge in [-0.15, -0.1) is 0 Å². The molecule has 0 aromatic carbocycles. The van der Waals surface area contributed by atoms with Gasteiger partial charge in [0.1, 0.15) is 10.5 Å². The normalized spacial score (nSPS) is 23.3. The van der Waals surface area contributed by atoms with Gasteiger partial charge in [0.2, 0.25) is 10.0 Å². The minimum atomic E-state index is -3.54. The van der Waals surface area contributed by atoms with E-state index in [2.05, 4.69) is 10.3 Å². The lowest BCUT2D eigenvalue weighted by Gasteiger charge is -2.37. The fourth-order valence-electron chi connectivity index (χ4n) is 3.54. The summed E-state index contributed by atoms with van der Waals surface area (Å²) in [5.74, 6) is 0. The Morgan fingerprint density at radius 2 is 2.07 bits per heavy atom. The van der Waals surface area contributed by atoms with E-state index < -0.39 is 21.7 Å². The molecular formula is C18H27N3O5S. The fourth-order valence-corrected chi connectivity index (χ4v) is 4.95. The summed E-state index contributed by atoms with van der Waals surface area (Å²) in [6.07, 6.45) is 4.32. The highest BCUT2D eigenvalue weighted by atomic mass is 32.2. The van der Waals surface area contributed by atoms with Crippen LogP contribution in [0.1, 0.15) is 40.0 Å². The second kappa shape index (κ2) is 7.37. The Morgan fingerprint density at radius 3 is 2.67 bits per heavy atom. The molecule has 9 heteroatoms. The third-order valence-electron chi connectivity index (χ3n) is 4.84. The van der Waals surface area contributed by atoms with Crippen LogP contribution in [0, 0.1) is 0 Å². The van der Waals surface area contributed by atoms with Gasteiger partial charge in [0.15, 0.2) is 0 Å². The van der Waals surface area contributed by atoms with E-state index in [9.17, 15) is 13.2 Å². The van der Waals surface area contributed by atoms with Gasteiger partial charge in [-0.2, -0.15) is 4.31 Å². The summed E-state index contributed by atoms with van der Waals surface area (Å²) in [5, 5.41) is 2.85. The number of amides is 1. The summed E-state index contributed by atoms with van der Waals surface area (Å²) in [4.78, 5) is 16.0. The number of ether oxygens (including phenoxy) is 2. The Labute approximate surface area is 160 Å². The van der Waals surface area contributed by atoms with Gasteiger partial charge < -0.3 is 14.8 Å². The molecule has 3 heterocycles. The molecule has 1 aromatic heterocycles. The summed E-state index contributed by atoms with van der Waals surface area (Å²) in [5.41, 5.74) is -0.937. The maximum Gasteiger partial charge on any atom is 0.407 e. The molecule has 0 bridgehead atoms. The molecule has 0 aliphatic carbocycles. The van der Waals surface area contributed by atoms with E-state index in [1.165, 1.54) is 10.5 Å². The lowest BCUT2D eigenvalue weighted by Crippen LogP contribution is -2.47. The van der Waals surface area contributed by atoms with Gasteiger partial charge in [0.05, 0.1) is 18.2 Å². The minimum Gasteiger partial charge on any atom is -0.444 e. The Hall–Kier alpha value is -1.71. The molecule has 0 unspecified atom stereocenters. The second-order valence-electron chi connectivity index (χ2n) is 8.13. The number of nitrogens with one attached hydrogen (secondary N) is 1. The van der Waals surface area contributed by atoms with E-state index in [-0.39, 0.29) is 16.5 Å². The van der Waals surface area contributed by atoms with Crippen LogP contribution in [-0.4, -0.2) is 60.7 Å². The van der Waals surface area contributed by atoms with E-state index in [1.54, 1.807) is 18.3 Å². The first-order valence-corrected chi connectivity index (χ1v) is 10.6. The molecular weight excluding hydrogens is 370 g/mol. The summed E-state index contributed by atoms with van der Waals surface area (Å²) in [7, 11) is -3.54. The Bertz CT molecular complexity index is 768. The molecule has 2 fully saturated rings. The number of piperidine rings is 1. The molecule has 1 spiro atoms. The molecule has 1 N–H and O–H groups in total. The van der Waals surface area contributed by atoms with Gasteiger partial charge in [-0.3, -0.25) is 4.98 Å². The lowest BCUT2D eigenvalue weighted by molar-refractivity contribution is -0.0312. The van der Waals surface area contributed by atoms with E-state index >= 15 is 0 Å². The summed E-state index contributed by atoms with van der Waals surface area (Å²) >= 11 is 0. The number of aromatic nitrogens is 1. The largest absolute Gasteiger partial charge is 0.444 e. The van der Waals surface area contributed by atoms with Gasteiger partial charge >= 0.3 is 6.09 Å². The summed E-state index contributed by atoms with van der Waals surface area (Å²) in [6.45, 7) is 6.63. The van der Waals surface area contributed by atoms with Crippen molar-refractivity contribution in [3.8, 4) is 0 Å². The van der Waals surface area contributed by atoms with Crippen LogP contribution in [0.15, 0.2) is 29.4 Å². The second-order valence-corrected chi connectivity index (χ2v) is 10.1. The molecule has 1 amide bonds. The SMILES string of the molecule is CC(C)(C)OC(=O)N[C@H]1COC2(CCN(S(=O)(=O)c3cccnc3)CC2)C1. The smallest absolute Gasteiger partial charge is 0.407 e. The van der Waals surface area contributed by atoms with Crippen molar-refractivity contribution in [2.24, 2.45) is 0 Å². The topological polar surface area (TPSA) is 97.8 Å². The van der Waals surface area contributed by atoms with Crippen molar-refractivity contribution in [2.45, 2.75) is 62.2 Å². The number of hydrogen-bond acceptors (Lipinski definition) is 6. The zero-order valence-corrected chi connectivity index (χ0v) is 16.8. The van der Waals surface area contributed by atoms with Gasteiger partial charge in [-0.1, -0.05) is 0 Å². The van der Waals surface area contributed by atoms with Crippen molar-refractivity contribution in [1.29, 1.82) is 0 Å². The predicted molar refractivity (Wildman–Crippen MR) is 98.7 cm³/mol.